The van der Waals surface area contributed by atoms with Gasteiger partial charge in [-0.2, -0.15) is 0 Å². The molecular weight excluding hydrogens is 474 g/mol. The molecule has 0 amide bonds. The third-order valence-electron chi connectivity index (χ3n) is 6.94. The average molecular weight is 510 g/mol. The zero-order chi connectivity index (χ0) is 25.9. The third kappa shape index (κ3) is 5.69. The van der Waals surface area contributed by atoms with Crippen LogP contribution in [0.1, 0.15) is 48.4 Å². The first-order chi connectivity index (χ1) is 17.2. The molecule has 0 spiro atoms. The lowest BCUT2D eigenvalue weighted by molar-refractivity contribution is -0.167. The normalized spacial score (nSPS) is 22.6. The number of ether oxygens (including phenoxy) is 3. The number of hydrogen-bond acceptors (Lipinski definition) is 7. The molecule has 1 fully saturated rings. The molecule has 1 heterocycles. The molecule has 0 N–H and O–H groups in total. The molecule has 1 saturated carbocycles. The van der Waals surface area contributed by atoms with Crippen molar-refractivity contribution < 1.29 is 28.6 Å². The summed E-state index contributed by atoms with van der Waals surface area (Å²) in [7, 11) is -1.40. The van der Waals surface area contributed by atoms with Gasteiger partial charge in [-0.05, 0) is 47.9 Å². The predicted molar refractivity (Wildman–Crippen MR) is 137 cm³/mol. The summed E-state index contributed by atoms with van der Waals surface area (Å²) in [6.45, 7) is 9.44. The van der Waals surface area contributed by atoms with E-state index in [1.807, 2.05) is 43.3 Å². The highest BCUT2D eigenvalue weighted by Crippen LogP contribution is 2.55. The Labute approximate surface area is 213 Å². The van der Waals surface area contributed by atoms with Gasteiger partial charge in [0.25, 0.3) is 0 Å². The number of carbonyl (C=O) groups is 3. The van der Waals surface area contributed by atoms with Crippen LogP contribution in [0.5, 0.6) is 5.75 Å². The van der Waals surface area contributed by atoms with E-state index in [0.29, 0.717) is 18.8 Å². The quantitative estimate of drug-likeness (QED) is 0.333. The van der Waals surface area contributed by atoms with Crippen LogP contribution >= 0.6 is 0 Å². The van der Waals surface area contributed by atoms with Crippen LogP contribution in [0.2, 0.25) is 25.7 Å². The summed E-state index contributed by atoms with van der Waals surface area (Å²) in [6.07, 6.45) is 2.59. The lowest BCUT2D eigenvalue weighted by Gasteiger charge is -2.46. The standard InChI is InChI=1S/C28H35NO6Si/c1-5-12-33-28(32)26-24-21-15-19(35-17-18-8-6-7-11-29-18)9-10-20(21)22(16-23(24)30)25(26)27(31)34-13-14-36(2,3)4/h6-11,15,22,24-26H,5,12-14,16-17H2,1-4H3/t22?,24-,25-,26-/m1/s1. The SMILES string of the molecule is CCCOC(=O)[C@H]1[C@H](C(=O)OCC[Si](C)(C)C)C2CC(=O)[C@H]1c1cc(OCc3ccccn3)ccc12. The molecule has 3 aliphatic rings. The number of carbonyl (C=O) groups excluding carboxylic acids is 3. The minimum absolute atomic E-state index is 0.0426. The fourth-order valence-corrected chi connectivity index (χ4v) is 5.85. The van der Waals surface area contributed by atoms with Gasteiger partial charge in [-0.3, -0.25) is 19.4 Å². The Morgan fingerprint density at radius 3 is 2.44 bits per heavy atom. The number of esters is 2. The van der Waals surface area contributed by atoms with Gasteiger partial charge in [0.1, 0.15) is 18.1 Å². The monoisotopic (exact) mass is 509 g/mol. The van der Waals surface area contributed by atoms with Crippen molar-refractivity contribution in [2.24, 2.45) is 11.8 Å². The minimum atomic E-state index is -1.40. The number of Topliss-reactive ketones (excluding diaryl/α,β-unsaturated/α-hetero) is 1. The van der Waals surface area contributed by atoms with E-state index in [4.69, 9.17) is 14.2 Å². The second kappa shape index (κ2) is 10.9. The number of fused-ring (bicyclic) bond motifs is 2. The number of aromatic nitrogens is 1. The summed E-state index contributed by atoms with van der Waals surface area (Å²) in [4.78, 5) is 44.1. The first kappa shape index (κ1) is 26.1. The largest absolute Gasteiger partial charge is 0.487 e. The van der Waals surface area contributed by atoms with E-state index in [-0.39, 0.29) is 25.4 Å². The molecule has 7 nitrogen and oxygen atoms in total. The summed E-state index contributed by atoms with van der Waals surface area (Å²) in [5, 5.41) is 0. The van der Waals surface area contributed by atoms with Gasteiger partial charge in [-0.25, -0.2) is 0 Å². The van der Waals surface area contributed by atoms with Crippen molar-refractivity contribution in [1.29, 1.82) is 0 Å². The van der Waals surface area contributed by atoms with Gasteiger partial charge in [-0.1, -0.05) is 38.7 Å². The summed E-state index contributed by atoms with van der Waals surface area (Å²) in [5.74, 6) is -3.14. The van der Waals surface area contributed by atoms with Gasteiger partial charge in [0, 0.05) is 26.6 Å². The molecule has 0 radical (unpaired) electrons. The maximum atomic E-state index is 13.3. The molecule has 8 heteroatoms. The van der Waals surface area contributed by atoms with Crippen LogP contribution in [0.3, 0.4) is 0 Å². The fourth-order valence-electron chi connectivity index (χ4n) is 5.14. The maximum absolute atomic E-state index is 13.3. The first-order valence-electron chi connectivity index (χ1n) is 12.7. The van der Waals surface area contributed by atoms with Crippen LogP contribution in [0, 0.1) is 11.8 Å². The van der Waals surface area contributed by atoms with Crippen molar-refractivity contribution in [2.45, 2.75) is 63.9 Å². The van der Waals surface area contributed by atoms with Crippen molar-refractivity contribution >= 4 is 25.8 Å². The van der Waals surface area contributed by atoms with Crippen LogP contribution in [0.15, 0.2) is 42.6 Å². The molecule has 0 aliphatic heterocycles. The molecule has 1 unspecified atom stereocenters. The highest BCUT2D eigenvalue weighted by molar-refractivity contribution is 6.76. The van der Waals surface area contributed by atoms with Crippen LogP contribution in [0.4, 0.5) is 0 Å². The highest BCUT2D eigenvalue weighted by Gasteiger charge is 2.57. The summed E-state index contributed by atoms with van der Waals surface area (Å²) < 4.78 is 17.1. The molecule has 2 bridgehead atoms. The van der Waals surface area contributed by atoms with Crippen molar-refractivity contribution in [3.63, 3.8) is 0 Å². The van der Waals surface area contributed by atoms with E-state index < -0.39 is 43.7 Å². The number of benzene rings is 1. The molecular formula is C28H35NO6Si. The first-order valence-corrected chi connectivity index (χ1v) is 16.4. The van der Waals surface area contributed by atoms with Gasteiger partial charge >= 0.3 is 11.9 Å². The second-order valence-corrected chi connectivity index (χ2v) is 16.5. The Morgan fingerprint density at radius 1 is 1.00 bits per heavy atom. The Balaban J connectivity index is 1.62. The molecule has 5 rings (SSSR count). The third-order valence-corrected chi connectivity index (χ3v) is 8.65. The summed E-state index contributed by atoms with van der Waals surface area (Å²) in [5.41, 5.74) is 2.45. The van der Waals surface area contributed by atoms with E-state index in [9.17, 15) is 14.4 Å². The van der Waals surface area contributed by atoms with Crippen LogP contribution < -0.4 is 4.74 Å². The number of hydrogen-bond donors (Lipinski definition) is 0. The van der Waals surface area contributed by atoms with Crippen LogP contribution in [-0.4, -0.2) is 44.0 Å². The second-order valence-electron chi connectivity index (χ2n) is 10.9. The topological polar surface area (TPSA) is 91.8 Å². The lowest BCUT2D eigenvalue weighted by atomic mass is 9.55. The zero-order valence-corrected chi connectivity index (χ0v) is 22.5. The molecule has 4 atom stereocenters. The highest BCUT2D eigenvalue weighted by atomic mass is 28.3. The van der Waals surface area contributed by atoms with Crippen molar-refractivity contribution in [3.05, 3.63) is 59.4 Å². The van der Waals surface area contributed by atoms with E-state index in [1.165, 1.54) is 0 Å². The average Bonchev–Trinajstić information content (AvgIpc) is 2.85. The van der Waals surface area contributed by atoms with Gasteiger partial charge in [0.05, 0.1) is 36.7 Å². The van der Waals surface area contributed by atoms with E-state index >= 15 is 0 Å². The Morgan fingerprint density at radius 2 is 1.75 bits per heavy atom. The molecule has 1 aromatic carbocycles. The smallest absolute Gasteiger partial charge is 0.310 e. The molecule has 192 valence electrons. The van der Waals surface area contributed by atoms with Crippen LogP contribution in [0.25, 0.3) is 0 Å². The molecule has 1 aromatic heterocycles. The van der Waals surface area contributed by atoms with E-state index in [1.54, 1.807) is 6.20 Å². The van der Waals surface area contributed by atoms with Crippen molar-refractivity contribution in [1.82, 2.24) is 4.98 Å². The van der Waals surface area contributed by atoms with Gasteiger partial charge < -0.3 is 14.2 Å². The number of nitrogens with zero attached hydrogens (tertiary/aromatic N) is 1. The Kier molecular flexibility index (Phi) is 7.93. The van der Waals surface area contributed by atoms with E-state index in [2.05, 4.69) is 24.6 Å². The maximum Gasteiger partial charge on any atom is 0.310 e. The van der Waals surface area contributed by atoms with Crippen molar-refractivity contribution in [3.8, 4) is 5.75 Å². The molecule has 0 saturated heterocycles. The predicted octanol–water partition coefficient (Wildman–Crippen LogP) is 4.88. The van der Waals surface area contributed by atoms with Crippen molar-refractivity contribution in [2.75, 3.05) is 13.2 Å². The van der Waals surface area contributed by atoms with Crippen LogP contribution in [-0.2, 0) is 30.5 Å². The van der Waals surface area contributed by atoms with Gasteiger partial charge in [-0.15, -0.1) is 0 Å². The van der Waals surface area contributed by atoms with Gasteiger partial charge in [0.15, 0.2) is 0 Å². The fraction of sp³-hybridized carbons (Fsp3) is 0.500. The Hall–Kier alpha value is -3.00. The van der Waals surface area contributed by atoms with Gasteiger partial charge in [0.2, 0.25) is 0 Å². The summed E-state index contributed by atoms with van der Waals surface area (Å²) in [6, 6.07) is 12.1. The van der Waals surface area contributed by atoms with E-state index in [0.717, 1.165) is 22.9 Å². The number of pyridine rings is 1. The molecule has 36 heavy (non-hydrogen) atoms. The zero-order valence-electron chi connectivity index (χ0n) is 21.5. The molecule has 2 aromatic rings. The minimum Gasteiger partial charge on any atom is -0.487 e. The number of rotatable bonds is 10. The molecule has 3 aliphatic carbocycles. The summed E-state index contributed by atoms with van der Waals surface area (Å²) >= 11 is 0. The number of ketones is 1. The Bertz CT molecular complexity index is 1110. The lowest BCUT2D eigenvalue weighted by Crippen LogP contribution is -2.50.